The largest absolute Gasteiger partial charge is 0.497 e. The Hall–Kier alpha value is -2.56. The van der Waals surface area contributed by atoms with Crippen molar-refractivity contribution in [1.82, 2.24) is 0 Å². The summed E-state index contributed by atoms with van der Waals surface area (Å²) in [7, 11) is 1.56. The van der Waals surface area contributed by atoms with Crippen LogP contribution in [0.25, 0.3) is 0 Å². The van der Waals surface area contributed by atoms with Crippen LogP contribution in [0.15, 0.2) is 42.5 Å². The maximum absolute atomic E-state index is 13.6. The van der Waals surface area contributed by atoms with Gasteiger partial charge in [-0.2, -0.15) is 0 Å². The molecule has 110 valence electrons. The third kappa shape index (κ3) is 4.21. The number of benzene rings is 2. The molecule has 0 spiro atoms. The van der Waals surface area contributed by atoms with Crippen molar-refractivity contribution in [3.63, 3.8) is 0 Å². The molecule has 0 atom stereocenters. The van der Waals surface area contributed by atoms with E-state index in [1.54, 1.807) is 43.5 Å². The molecule has 2 aromatic carbocycles. The van der Waals surface area contributed by atoms with Gasteiger partial charge in [0, 0.05) is 11.8 Å². The Morgan fingerprint density at radius 2 is 2.05 bits per heavy atom. The molecule has 0 radical (unpaired) electrons. The molecular formula is C16H17FN2O2. The topological polar surface area (TPSA) is 50.4 Å². The highest BCUT2D eigenvalue weighted by molar-refractivity contribution is 5.93. The van der Waals surface area contributed by atoms with E-state index in [-0.39, 0.29) is 18.3 Å². The van der Waals surface area contributed by atoms with E-state index in [2.05, 4.69) is 10.6 Å². The Balaban J connectivity index is 1.92. The molecule has 4 nitrogen and oxygen atoms in total. The van der Waals surface area contributed by atoms with Crippen LogP contribution < -0.4 is 15.4 Å². The van der Waals surface area contributed by atoms with Gasteiger partial charge in [0.2, 0.25) is 5.91 Å². The maximum atomic E-state index is 13.6. The molecule has 21 heavy (non-hydrogen) atoms. The van der Waals surface area contributed by atoms with Crippen LogP contribution in [-0.2, 0) is 4.79 Å². The number of hydrogen-bond acceptors (Lipinski definition) is 3. The molecule has 1 amide bonds. The van der Waals surface area contributed by atoms with Crippen LogP contribution >= 0.6 is 0 Å². The van der Waals surface area contributed by atoms with Crippen LogP contribution in [0.3, 0.4) is 0 Å². The molecule has 2 N–H and O–H groups in total. The smallest absolute Gasteiger partial charge is 0.243 e. The van der Waals surface area contributed by atoms with Gasteiger partial charge in [0.15, 0.2) is 0 Å². The lowest BCUT2D eigenvalue weighted by molar-refractivity contribution is -0.114. The van der Waals surface area contributed by atoms with E-state index in [0.29, 0.717) is 17.1 Å². The molecule has 0 aliphatic rings. The minimum Gasteiger partial charge on any atom is -0.497 e. The Bertz CT molecular complexity index is 644. The van der Waals surface area contributed by atoms with Crippen LogP contribution in [0.4, 0.5) is 15.8 Å². The van der Waals surface area contributed by atoms with Gasteiger partial charge in [-0.25, -0.2) is 4.39 Å². The summed E-state index contributed by atoms with van der Waals surface area (Å²) >= 11 is 0. The molecule has 0 bridgehead atoms. The van der Waals surface area contributed by atoms with Gasteiger partial charge < -0.3 is 15.4 Å². The summed E-state index contributed by atoms with van der Waals surface area (Å²) in [5.41, 5.74) is 1.77. The number of anilines is 2. The summed E-state index contributed by atoms with van der Waals surface area (Å²) in [5.74, 6) is 0.0257. The number of methoxy groups -OCH3 is 1. The van der Waals surface area contributed by atoms with Crippen molar-refractivity contribution in [2.75, 3.05) is 24.3 Å². The highest BCUT2D eigenvalue weighted by Gasteiger charge is 2.06. The van der Waals surface area contributed by atoms with E-state index in [0.717, 1.165) is 5.56 Å². The second-order valence-electron chi connectivity index (χ2n) is 4.62. The average Bonchev–Trinajstić information content (AvgIpc) is 2.46. The first kappa shape index (κ1) is 14.8. The van der Waals surface area contributed by atoms with Gasteiger partial charge in [0.05, 0.1) is 19.3 Å². The summed E-state index contributed by atoms with van der Waals surface area (Å²) in [4.78, 5) is 11.8. The fraction of sp³-hybridized carbons (Fsp3) is 0.188. The van der Waals surface area contributed by atoms with Crippen LogP contribution in [0.2, 0.25) is 0 Å². The Morgan fingerprint density at radius 1 is 1.24 bits per heavy atom. The molecule has 2 rings (SSSR count). The first-order valence-corrected chi connectivity index (χ1v) is 6.52. The molecule has 0 unspecified atom stereocenters. The molecule has 0 heterocycles. The van der Waals surface area contributed by atoms with Crippen molar-refractivity contribution in [2.24, 2.45) is 0 Å². The average molecular weight is 288 g/mol. The normalized spacial score (nSPS) is 10.0. The van der Waals surface area contributed by atoms with Crippen molar-refractivity contribution in [2.45, 2.75) is 6.92 Å². The summed E-state index contributed by atoms with van der Waals surface area (Å²) in [6.45, 7) is 1.79. The molecule has 0 aliphatic carbocycles. The molecule has 2 aromatic rings. The second-order valence-corrected chi connectivity index (χ2v) is 4.62. The van der Waals surface area contributed by atoms with Gasteiger partial charge in [-0.15, -0.1) is 0 Å². The monoisotopic (exact) mass is 288 g/mol. The van der Waals surface area contributed by atoms with Crippen LogP contribution in [0.1, 0.15) is 5.56 Å². The standard InChI is InChI=1S/C16H17FN2O2/c1-11-6-7-15(14(17)8-11)18-10-16(20)19-12-4-3-5-13(9-12)21-2/h3-9,18H,10H2,1-2H3,(H,19,20). The van der Waals surface area contributed by atoms with Crippen molar-refractivity contribution < 1.29 is 13.9 Å². The van der Waals surface area contributed by atoms with Crippen molar-refractivity contribution in [3.05, 3.63) is 53.8 Å². The number of rotatable bonds is 5. The Morgan fingerprint density at radius 3 is 2.76 bits per heavy atom. The van der Waals surface area contributed by atoms with Crippen molar-refractivity contribution >= 4 is 17.3 Å². The predicted molar refractivity (Wildman–Crippen MR) is 81.3 cm³/mol. The Labute approximate surface area is 122 Å². The van der Waals surface area contributed by atoms with E-state index in [4.69, 9.17) is 4.74 Å². The molecule has 0 aliphatic heterocycles. The van der Waals surface area contributed by atoms with E-state index in [1.807, 2.05) is 6.92 Å². The lowest BCUT2D eigenvalue weighted by atomic mass is 10.2. The van der Waals surface area contributed by atoms with E-state index < -0.39 is 0 Å². The summed E-state index contributed by atoms with van der Waals surface area (Å²) in [6.07, 6.45) is 0. The first-order valence-electron chi connectivity index (χ1n) is 6.52. The number of amides is 1. The zero-order valence-electron chi connectivity index (χ0n) is 11.9. The first-order chi connectivity index (χ1) is 10.1. The van der Waals surface area contributed by atoms with E-state index in [9.17, 15) is 9.18 Å². The second kappa shape index (κ2) is 6.74. The van der Waals surface area contributed by atoms with Gasteiger partial charge >= 0.3 is 0 Å². The SMILES string of the molecule is COc1cccc(NC(=O)CNc2ccc(C)cc2F)c1. The van der Waals surface area contributed by atoms with Crippen molar-refractivity contribution in [1.29, 1.82) is 0 Å². The fourth-order valence-electron chi connectivity index (χ4n) is 1.85. The van der Waals surface area contributed by atoms with Crippen LogP contribution in [0, 0.1) is 12.7 Å². The fourth-order valence-corrected chi connectivity index (χ4v) is 1.85. The number of carbonyl (C=O) groups excluding carboxylic acids is 1. The summed E-state index contributed by atoms with van der Waals surface area (Å²) < 4.78 is 18.7. The lowest BCUT2D eigenvalue weighted by Crippen LogP contribution is -2.22. The summed E-state index contributed by atoms with van der Waals surface area (Å²) in [5, 5.41) is 5.48. The number of aryl methyl sites for hydroxylation is 1. The molecule has 0 aromatic heterocycles. The minimum atomic E-state index is -0.371. The van der Waals surface area contributed by atoms with Gasteiger partial charge in [-0.3, -0.25) is 4.79 Å². The minimum absolute atomic E-state index is 0.0167. The van der Waals surface area contributed by atoms with Crippen molar-refractivity contribution in [3.8, 4) is 5.75 Å². The number of carbonyl (C=O) groups is 1. The van der Waals surface area contributed by atoms with E-state index in [1.165, 1.54) is 6.07 Å². The van der Waals surface area contributed by atoms with Gasteiger partial charge in [0.1, 0.15) is 11.6 Å². The quantitative estimate of drug-likeness (QED) is 0.888. The molecule has 5 heteroatoms. The number of halogens is 1. The van der Waals surface area contributed by atoms with Gasteiger partial charge in [-0.1, -0.05) is 12.1 Å². The highest BCUT2D eigenvalue weighted by atomic mass is 19.1. The summed E-state index contributed by atoms with van der Waals surface area (Å²) in [6, 6.07) is 11.9. The number of nitrogens with one attached hydrogen (secondary N) is 2. The molecule has 0 fully saturated rings. The zero-order chi connectivity index (χ0) is 15.2. The third-order valence-corrected chi connectivity index (χ3v) is 2.92. The van der Waals surface area contributed by atoms with E-state index >= 15 is 0 Å². The number of ether oxygens (including phenoxy) is 1. The molecule has 0 saturated carbocycles. The molecular weight excluding hydrogens is 271 g/mol. The Kier molecular flexibility index (Phi) is 4.77. The zero-order valence-corrected chi connectivity index (χ0v) is 11.9. The molecule has 0 saturated heterocycles. The highest BCUT2D eigenvalue weighted by Crippen LogP contribution is 2.17. The maximum Gasteiger partial charge on any atom is 0.243 e. The lowest BCUT2D eigenvalue weighted by Gasteiger charge is -2.09. The van der Waals surface area contributed by atoms with Gasteiger partial charge in [0.25, 0.3) is 0 Å². The third-order valence-electron chi connectivity index (χ3n) is 2.92. The van der Waals surface area contributed by atoms with Crippen LogP contribution in [0.5, 0.6) is 5.75 Å². The van der Waals surface area contributed by atoms with Gasteiger partial charge in [-0.05, 0) is 36.8 Å². The van der Waals surface area contributed by atoms with Crippen LogP contribution in [-0.4, -0.2) is 19.6 Å². The number of hydrogen-bond donors (Lipinski definition) is 2. The predicted octanol–water partition coefficient (Wildman–Crippen LogP) is 3.19.